The number of nitrogens with one attached hydrogen (secondary N) is 1. The molecule has 0 heterocycles. The summed E-state index contributed by atoms with van der Waals surface area (Å²) in [5.41, 5.74) is 4.44. The van der Waals surface area contributed by atoms with E-state index >= 15 is 0 Å². The molecule has 1 amide bonds. The van der Waals surface area contributed by atoms with Crippen molar-refractivity contribution in [2.75, 3.05) is 10.6 Å². The lowest BCUT2D eigenvalue weighted by Gasteiger charge is -2.31. The summed E-state index contributed by atoms with van der Waals surface area (Å²) in [6, 6.07) is 12.6. The Balaban J connectivity index is 2.33. The van der Waals surface area contributed by atoms with Gasteiger partial charge in [-0.15, -0.1) is 0 Å². The molecule has 0 unspecified atom stereocenters. The van der Waals surface area contributed by atoms with E-state index in [1.54, 1.807) is 13.0 Å². The average Bonchev–Trinajstić information content (AvgIpc) is 2.62. The molecule has 2 aromatic rings. The van der Waals surface area contributed by atoms with Crippen molar-refractivity contribution < 1.29 is 13.2 Å². The molecule has 2 rings (SSSR count). The van der Waals surface area contributed by atoms with E-state index in [-0.39, 0.29) is 11.9 Å². The number of hydrogen-bond donors (Lipinski definition) is 1. The molecule has 0 aliphatic rings. The van der Waals surface area contributed by atoms with E-state index in [2.05, 4.69) is 5.32 Å². The minimum Gasteiger partial charge on any atom is -0.347 e. The normalized spacial score (nSPS) is 13.6. The van der Waals surface area contributed by atoms with E-state index in [0.29, 0.717) is 12.1 Å². The van der Waals surface area contributed by atoms with Crippen LogP contribution in [0.15, 0.2) is 42.5 Å². The van der Waals surface area contributed by atoms with Gasteiger partial charge in [0.15, 0.2) is 0 Å². The highest BCUT2D eigenvalue weighted by atomic mass is 32.2. The zero-order valence-electron chi connectivity index (χ0n) is 17.5. The molecule has 0 aliphatic carbocycles. The van der Waals surface area contributed by atoms with Crippen LogP contribution >= 0.6 is 0 Å². The number of nitrogens with zero attached hydrogens (tertiary/aromatic N) is 1. The number of hydrogen-bond acceptors (Lipinski definition) is 3. The number of carbonyl (C=O) groups is 1. The molecule has 2 aromatic carbocycles. The Morgan fingerprint density at radius 3 is 2.14 bits per heavy atom. The standard InChI is InChI=1S/C22H30N2O3S/c1-7-20(19-12-9-15(2)10-13-19)23-22(25)18(5)24(28(6,26)27)21-14-16(3)8-11-17(21)4/h8-14,18,20H,7H2,1-6H3,(H,23,25)/t18-,20-/m1/s1. The van der Waals surface area contributed by atoms with Crippen LogP contribution in [0.4, 0.5) is 5.69 Å². The van der Waals surface area contributed by atoms with Gasteiger partial charge in [-0.3, -0.25) is 9.10 Å². The van der Waals surface area contributed by atoms with Gasteiger partial charge in [-0.2, -0.15) is 0 Å². The lowest BCUT2D eigenvalue weighted by atomic mass is 10.0. The van der Waals surface area contributed by atoms with Crippen LogP contribution in [0.5, 0.6) is 0 Å². The Hall–Kier alpha value is -2.34. The Morgan fingerprint density at radius 2 is 1.61 bits per heavy atom. The highest BCUT2D eigenvalue weighted by Gasteiger charge is 2.31. The summed E-state index contributed by atoms with van der Waals surface area (Å²) in [7, 11) is -3.64. The molecule has 6 heteroatoms. The van der Waals surface area contributed by atoms with Gasteiger partial charge in [0.25, 0.3) is 0 Å². The first-order valence-corrected chi connectivity index (χ1v) is 11.3. The summed E-state index contributed by atoms with van der Waals surface area (Å²) in [6.07, 6.45) is 1.85. The van der Waals surface area contributed by atoms with Crippen molar-refractivity contribution >= 4 is 21.6 Å². The number of carbonyl (C=O) groups excluding carboxylic acids is 1. The molecule has 2 atom stereocenters. The number of aryl methyl sites for hydroxylation is 3. The maximum atomic E-state index is 13.0. The van der Waals surface area contributed by atoms with Crippen LogP contribution in [0.3, 0.4) is 0 Å². The van der Waals surface area contributed by atoms with Gasteiger partial charge in [-0.05, 0) is 56.9 Å². The van der Waals surface area contributed by atoms with E-state index in [4.69, 9.17) is 0 Å². The quantitative estimate of drug-likeness (QED) is 0.760. The van der Waals surface area contributed by atoms with Gasteiger partial charge < -0.3 is 5.32 Å². The lowest BCUT2D eigenvalue weighted by Crippen LogP contribution is -2.48. The third-order valence-corrected chi connectivity index (χ3v) is 6.12. The molecule has 0 spiro atoms. The summed E-state index contributed by atoms with van der Waals surface area (Å²) >= 11 is 0. The van der Waals surface area contributed by atoms with Crippen LogP contribution in [0, 0.1) is 20.8 Å². The first-order chi connectivity index (χ1) is 13.0. The van der Waals surface area contributed by atoms with Gasteiger partial charge in [0.2, 0.25) is 15.9 Å². The highest BCUT2D eigenvalue weighted by Crippen LogP contribution is 2.27. The highest BCUT2D eigenvalue weighted by molar-refractivity contribution is 7.92. The van der Waals surface area contributed by atoms with Crippen molar-refractivity contribution in [3.63, 3.8) is 0 Å². The molecule has 0 bridgehead atoms. The molecule has 152 valence electrons. The number of rotatable bonds is 7. The number of sulfonamides is 1. The van der Waals surface area contributed by atoms with Crippen molar-refractivity contribution in [3.8, 4) is 0 Å². The van der Waals surface area contributed by atoms with Crippen molar-refractivity contribution in [1.82, 2.24) is 5.32 Å². The van der Waals surface area contributed by atoms with Gasteiger partial charge in [0.05, 0.1) is 18.0 Å². The largest absolute Gasteiger partial charge is 0.347 e. The molecular weight excluding hydrogens is 372 g/mol. The van der Waals surface area contributed by atoms with Crippen molar-refractivity contribution in [3.05, 3.63) is 64.7 Å². The fourth-order valence-corrected chi connectivity index (χ4v) is 4.47. The van der Waals surface area contributed by atoms with Gasteiger partial charge in [-0.25, -0.2) is 8.42 Å². The summed E-state index contributed by atoms with van der Waals surface area (Å²) < 4.78 is 26.3. The number of amides is 1. The van der Waals surface area contributed by atoms with E-state index in [1.165, 1.54) is 4.31 Å². The first kappa shape index (κ1) is 22.0. The SMILES string of the molecule is CC[C@@H](NC(=O)[C@@H](C)N(c1cc(C)ccc1C)S(C)(=O)=O)c1ccc(C)cc1. The lowest BCUT2D eigenvalue weighted by molar-refractivity contribution is -0.122. The molecule has 0 saturated carbocycles. The Morgan fingerprint density at radius 1 is 1.04 bits per heavy atom. The third-order valence-electron chi connectivity index (χ3n) is 4.90. The topological polar surface area (TPSA) is 66.5 Å². The molecule has 5 nitrogen and oxygen atoms in total. The summed E-state index contributed by atoms with van der Waals surface area (Å²) in [6.45, 7) is 9.38. The van der Waals surface area contributed by atoms with E-state index in [1.807, 2.05) is 64.1 Å². The predicted molar refractivity (Wildman–Crippen MR) is 115 cm³/mol. The first-order valence-electron chi connectivity index (χ1n) is 9.48. The van der Waals surface area contributed by atoms with Gasteiger partial charge in [0.1, 0.15) is 6.04 Å². The van der Waals surface area contributed by atoms with Gasteiger partial charge in [-0.1, -0.05) is 48.9 Å². The number of anilines is 1. The van der Waals surface area contributed by atoms with Crippen LogP contribution in [-0.4, -0.2) is 26.6 Å². The fraction of sp³-hybridized carbons (Fsp3) is 0.409. The Labute approximate surface area is 168 Å². The molecule has 28 heavy (non-hydrogen) atoms. The molecule has 1 N–H and O–H groups in total. The van der Waals surface area contributed by atoms with Crippen molar-refractivity contribution in [2.24, 2.45) is 0 Å². The summed E-state index contributed by atoms with van der Waals surface area (Å²) in [5, 5.41) is 3.01. The average molecular weight is 403 g/mol. The summed E-state index contributed by atoms with van der Waals surface area (Å²) in [5.74, 6) is -0.321. The van der Waals surface area contributed by atoms with Crippen LogP contribution < -0.4 is 9.62 Å². The zero-order valence-corrected chi connectivity index (χ0v) is 18.3. The van der Waals surface area contributed by atoms with Gasteiger partial charge >= 0.3 is 0 Å². The van der Waals surface area contributed by atoms with Crippen LogP contribution in [-0.2, 0) is 14.8 Å². The maximum Gasteiger partial charge on any atom is 0.244 e. The maximum absolute atomic E-state index is 13.0. The second-order valence-electron chi connectivity index (χ2n) is 7.40. The Bertz CT molecular complexity index is 937. The van der Waals surface area contributed by atoms with Crippen LogP contribution in [0.1, 0.15) is 48.6 Å². The van der Waals surface area contributed by atoms with E-state index in [0.717, 1.165) is 28.5 Å². The monoisotopic (exact) mass is 402 g/mol. The van der Waals surface area contributed by atoms with Crippen LogP contribution in [0.25, 0.3) is 0 Å². The third kappa shape index (κ3) is 5.13. The van der Waals surface area contributed by atoms with Crippen molar-refractivity contribution in [1.29, 1.82) is 0 Å². The van der Waals surface area contributed by atoms with Gasteiger partial charge in [0, 0.05) is 0 Å². The molecular formula is C22H30N2O3S. The van der Waals surface area contributed by atoms with E-state index in [9.17, 15) is 13.2 Å². The number of benzene rings is 2. The summed E-state index contributed by atoms with van der Waals surface area (Å²) in [4.78, 5) is 13.0. The minimum atomic E-state index is -3.64. The molecule has 0 fully saturated rings. The molecule has 0 aliphatic heterocycles. The van der Waals surface area contributed by atoms with Crippen LogP contribution in [0.2, 0.25) is 0 Å². The molecule has 0 saturated heterocycles. The smallest absolute Gasteiger partial charge is 0.244 e. The molecule has 0 radical (unpaired) electrons. The predicted octanol–water partition coefficient (Wildman–Crippen LogP) is 4.03. The zero-order chi connectivity index (χ0) is 21.1. The molecule has 0 aromatic heterocycles. The second kappa shape index (κ2) is 8.78. The second-order valence-corrected chi connectivity index (χ2v) is 9.26. The minimum absolute atomic E-state index is 0.171. The fourth-order valence-electron chi connectivity index (χ4n) is 3.25. The van der Waals surface area contributed by atoms with Crippen molar-refractivity contribution in [2.45, 2.75) is 53.1 Å². The van der Waals surface area contributed by atoms with E-state index < -0.39 is 16.1 Å². The Kier molecular flexibility index (Phi) is 6.88.